The number of anilines is 1. The fourth-order valence-electron chi connectivity index (χ4n) is 2.62. The first-order valence-electron chi connectivity index (χ1n) is 7.74. The predicted molar refractivity (Wildman–Crippen MR) is 102 cm³/mol. The summed E-state index contributed by atoms with van der Waals surface area (Å²) in [5.41, 5.74) is 4.77. The minimum absolute atomic E-state index is 0.124. The van der Waals surface area contributed by atoms with Crippen molar-refractivity contribution in [3.63, 3.8) is 0 Å². The average molecular weight is 369 g/mol. The number of carbonyl (C=O) groups excluding carboxylic acids is 1. The minimum atomic E-state index is -0.124. The number of benzene rings is 2. The van der Waals surface area contributed by atoms with Crippen LogP contribution in [0.5, 0.6) is 0 Å². The van der Waals surface area contributed by atoms with Gasteiger partial charge < -0.3 is 9.73 Å². The Morgan fingerprint density at radius 3 is 2.92 bits per heavy atom. The van der Waals surface area contributed by atoms with E-state index in [1.807, 2.05) is 31.2 Å². The topological polar surface area (TPSA) is 68.0 Å². The molecule has 0 unspecified atom stereocenters. The highest BCUT2D eigenvalue weighted by Crippen LogP contribution is 2.29. The molecule has 0 atom stereocenters. The third-order valence-electron chi connectivity index (χ3n) is 3.68. The molecule has 0 fully saturated rings. The molecule has 2 aromatic carbocycles. The van der Waals surface area contributed by atoms with Gasteiger partial charge in [-0.1, -0.05) is 41.3 Å². The van der Waals surface area contributed by atoms with Crippen molar-refractivity contribution < 1.29 is 9.21 Å². The SMILES string of the molecule is Cc1cc(C)c2nc(NC(=O)CSc3nc4ccccc4o3)sc2c1. The number of fused-ring (bicyclic) bond motifs is 2. The molecule has 0 aliphatic heterocycles. The Kier molecular flexibility index (Phi) is 4.19. The van der Waals surface area contributed by atoms with Crippen LogP contribution < -0.4 is 5.32 Å². The number of hydrogen-bond acceptors (Lipinski definition) is 6. The highest BCUT2D eigenvalue weighted by molar-refractivity contribution is 7.99. The number of rotatable bonds is 4. The fraction of sp³-hybridized carbons (Fsp3) is 0.167. The highest BCUT2D eigenvalue weighted by Gasteiger charge is 2.12. The van der Waals surface area contributed by atoms with Gasteiger partial charge in [-0.25, -0.2) is 9.97 Å². The zero-order chi connectivity index (χ0) is 17.4. The number of hydrogen-bond donors (Lipinski definition) is 1. The number of thioether (sulfide) groups is 1. The Morgan fingerprint density at radius 1 is 1.24 bits per heavy atom. The Morgan fingerprint density at radius 2 is 2.08 bits per heavy atom. The van der Waals surface area contributed by atoms with Gasteiger partial charge in [0, 0.05) is 0 Å². The maximum Gasteiger partial charge on any atom is 0.257 e. The van der Waals surface area contributed by atoms with Gasteiger partial charge >= 0.3 is 0 Å². The van der Waals surface area contributed by atoms with Crippen LogP contribution in [0.2, 0.25) is 0 Å². The van der Waals surface area contributed by atoms with Crippen LogP contribution in [0.15, 0.2) is 46.0 Å². The van der Waals surface area contributed by atoms with Gasteiger partial charge in [-0.3, -0.25) is 4.79 Å². The number of aromatic nitrogens is 2. The molecule has 2 heterocycles. The van der Waals surface area contributed by atoms with Crippen LogP contribution in [0.25, 0.3) is 21.3 Å². The van der Waals surface area contributed by atoms with Crippen molar-refractivity contribution in [1.29, 1.82) is 0 Å². The normalized spacial score (nSPS) is 11.3. The molecule has 1 amide bonds. The van der Waals surface area contributed by atoms with Gasteiger partial charge in [0.1, 0.15) is 5.52 Å². The second kappa shape index (κ2) is 6.50. The summed E-state index contributed by atoms with van der Waals surface area (Å²) >= 11 is 2.76. The highest BCUT2D eigenvalue weighted by atomic mass is 32.2. The largest absolute Gasteiger partial charge is 0.431 e. The number of nitrogens with zero attached hydrogens (tertiary/aromatic N) is 2. The maximum atomic E-state index is 12.2. The van der Waals surface area contributed by atoms with E-state index >= 15 is 0 Å². The molecule has 0 aliphatic rings. The van der Waals surface area contributed by atoms with Crippen LogP contribution in [0, 0.1) is 13.8 Å². The van der Waals surface area contributed by atoms with Crippen LogP contribution in [-0.4, -0.2) is 21.6 Å². The van der Waals surface area contributed by atoms with E-state index in [0.717, 1.165) is 26.9 Å². The number of aryl methyl sites for hydroxylation is 2. The van der Waals surface area contributed by atoms with E-state index in [2.05, 4.69) is 34.3 Å². The Labute approximate surface area is 152 Å². The molecule has 1 N–H and O–H groups in total. The third-order valence-corrected chi connectivity index (χ3v) is 5.42. The number of thiazole rings is 1. The molecule has 7 heteroatoms. The predicted octanol–water partition coefficient (Wildman–Crippen LogP) is 4.79. The molecule has 4 rings (SSSR count). The molecule has 0 spiro atoms. The summed E-state index contributed by atoms with van der Waals surface area (Å²) in [6.45, 7) is 4.09. The van der Waals surface area contributed by atoms with Crippen molar-refractivity contribution in [3.8, 4) is 0 Å². The number of para-hydroxylation sites is 2. The summed E-state index contributed by atoms with van der Waals surface area (Å²) in [6, 6.07) is 11.7. The zero-order valence-electron chi connectivity index (χ0n) is 13.7. The first kappa shape index (κ1) is 16.1. The van der Waals surface area contributed by atoms with Crippen LogP contribution in [0.1, 0.15) is 11.1 Å². The van der Waals surface area contributed by atoms with Gasteiger partial charge in [0.25, 0.3) is 5.22 Å². The molecule has 0 saturated carbocycles. The second-order valence-corrected chi connectivity index (χ2v) is 7.69. The van der Waals surface area contributed by atoms with Crippen LogP contribution in [0.3, 0.4) is 0 Å². The van der Waals surface area contributed by atoms with E-state index in [1.54, 1.807) is 0 Å². The lowest BCUT2D eigenvalue weighted by molar-refractivity contribution is -0.113. The van der Waals surface area contributed by atoms with E-state index < -0.39 is 0 Å². The molecule has 2 aromatic heterocycles. The van der Waals surface area contributed by atoms with E-state index in [-0.39, 0.29) is 11.7 Å². The summed E-state index contributed by atoms with van der Waals surface area (Å²) in [7, 11) is 0. The molecule has 0 saturated heterocycles. The van der Waals surface area contributed by atoms with Gasteiger partial charge in [-0.15, -0.1) is 0 Å². The first-order valence-corrected chi connectivity index (χ1v) is 9.55. The third kappa shape index (κ3) is 3.38. The van der Waals surface area contributed by atoms with Crippen molar-refractivity contribution in [1.82, 2.24) is 9.97 Å². The zero-order valence-corrected chi connectivity index (χ0v) is 15.3. The van der Waals surface area contributed by atoms with E-state index in [1.165, 1.54) is 28.7 Å². The molecule has 25 heavy (non-hydrogen) atoms. The lowest BCUT2D eigenvalue weighted by atomic mass is 10.1. The Hall–Kier alpha value is -2.38. The summed E-state index contributed by atoms with van der Waals surface area (Å²) < 4.78 is 6.69. The summed E-state index contributed by atoms with van der Waals surface area (Å²) in [5, 5.41) is 3.97. The first-order chi connectivity index (χ1) is 12.1. The monoisotopic (exact) mass is 369 g/mol. The summed E-state index contributed by atoms with van der Waals surface area (Å²) in [5.74, 6) is 0.0986. The van der Waals surface area contributed by atoms with E-state index in [9.17, 15) is 4.79 Å². The van der Waals surface area contributed by atoms with Gasteiger partial charge in [0.05, 0.1) is 16.0 Å². The van der Waals surface area contributed by atoms with Crippen molar-refractivity contribution in [2.45, 2.75) is 19.1 Å². The van der Waals surface area contributed by atoms with Crippen LogP contribution in [-0.2, 0) is 4.79 Å². The molecular formula is C18H15N3O2S2. The number of oxazole rings is 1. The van der Waals surface area contributed by atoms with Gasteiger partial charge in [0.2, 0.25) is 5.91 Å². The molecule has 0 aliphatic carbocycles. The maximum absolute atomic E-state index is 12.2. The lowest BCUT2D eigenvalue weighted by Gasteiger charge is -1.98. The lowest BCUT2D eigenvalue weighted by Crippen LogP contribution is -2.13. The molecular weight excluding hydrogens is 354 g/mol. The van der Waals surface area contributed by atoms with E-state index in [4.69, 9.17) is 4.42 Å². The number of nitrogens with one attached hydrogen (secondary N) is 1. The van der Waals surface area contributed by atoms with E-state index in [0.29, 0.717) is 10.4 Å². The molecule has 5 nitrogen and oxygen atoms in total. The molecule has 0 bridgehead atoms. The minimum Gasteiger partial charge on any atom is -0.431 e. The number of amides is 1. The Balaban J connectivity index is 1.44. The van der Waals surface area contributed by atoms with Crippen LogP contribution in [0.4, 0.5) is 5.13 Å². The number of carbonyl (C=O) groups is 1. The van der Waals surface area contributed by atoms with Crippen LogP contribution >= 0.6 is 23.1 Å². The smallest absolute Gasteiger partial charge is 0.257 e. The van der Waals surface area contributed by atoms with Gasteiger partial charge in [0.15, 0.2) is 10.7 Å². The molecule has 4 aromatic rings. The van der Waals surface area contributed by atoms with Gasteiger partial charge in [-0.05, 0) is 43.2 Å². The van der Waals surface area contributed by atoms with Crippen molar-refractivity contribution in [2.24, 2.45) is 0 Å². The average Bonchev–Trinajstić information content (AvgIpc) is 3.16. The molecule has 126 valence electrons. The standard InChI is InChI=1S/C18H15N3O2S2/c1-10-7-11(2)16-14(8-10)25-17(21-16)20-15(22)9-24-18-19-12-5-3-4-6-13(12)23-18/h3-8H,9H2,1-2H3,(H,20,21,22). The van der Waals surface area contributed by atoms with Crippen molar-refractivity contribution in [2.75, 3.05) is 11.1 Å². The Bertz CT molecular complexity index is 1050. The summed E-state index contributed by atoms with van der Waals surface area (Å²) in [6.07, 6.45) is 0. The van der Waals surface area contributed by atoms with Crippen molar-refractivity contribution >= 4 is 55.5 Å². The second-order valence-electron chi connectivity index (χ2n) is 5.73. The van der Waals surface area contributed by atoms with Gasteiger partial charge in [-0.2, -0.15) is 0 Å². The molecule has 0 radical (unpaired) electrons. The quantitative estimate of drug-likeness (QED) is 0.524. The fourth-order valence-corrected chi connectivity index (χ4v) is 4.32. The summed E-state index contributed by atoms with van der Waals surface area (Å²) in [4.78, 5) is 21.1. The van der Waals surface area contributed by atoms with Crippen molar-refractivity contribution in [3.05, 3.63) is 47.5 Å².